The Morgan fingerprint density at radius 1 is 0.818 bits per heavy atom. The molecule has 0 aliphatic heterocycles. The van der Waals surface area contributed by atoms with Gasteiger partial charge in [-0.3, -0.25) is 0 Å². The first-order valence-electron chi connectivity index (χ1n) is 6.66. The summed E-state index contributed by atoms with van der Waals surface area (Å²) in [5.74, 6) is 0.521. The van der Waals surface area contributed by atoms with E-state index in [9.17, 15) is 8.42 Å². The Morgan fingerprint density at radius 3 is 2.27 bits per heavy atom. The lowest BCUT2D eigenvalue weighted by atomic mass is 10.1. The van der Waals surface area contributed by atoms with Gasteiger partial charge in [0.1, 0.15) is 16.4 Å². The van der Waals surface area contributed by atoms with Crippen LogP contribution in [0.5, 0.6) is 11.5 Å². The van der Waals surface area contributed by atoms with Gasteiger partial charge in [0.2, 0.25) is 0 Å². The van der Waals surface area contributed by atoms with Crippen molar-refractivity contribution in [3.8, 4) is 11.5 Å². The molecule has 0 N–H and O–H groups in total. The minimum atomic E-state index is -3.95. The first kappa shape index (κ1) is 14.4. The van der Waals surface area contributed by atoms with Crippen LogP contribution in [-0.2, 0) is 10.1 Å². The summed E-state index contributed by atoms with van der Waals surface area (Å²) in [6, 6.07) is 19.2. The highest BCUT2D eigenvalue weighted by Crippen LogP contribution is 2.28. The lowest BCUT2D eigenvalue weighted by Crippen LogP contribution is -2.11. The first-order valence-corrected chi connectivity index (χ1v) is 8.07. The minimum absolute atomic E-state index is 0.00524. The maximum atomic E-state index is 12.4. The summed E-state index contributed by atoms with van der Waals surface area (Å²) in [7, 11) is -2.53. The molecule has 0 fully saturated rings. The largest absolute Gasteiger partial charge is 0.495 e. The van der Waals surface area contributed by atoms with Gasteiger partial charge < -0.3 is 8.92 Å². The molecule has 3 rings (SSSR count). The van der Waals surface area contributed by atoms with Crippen LogP contribution < -0.4 is 8.92 Å². The van der Waals surface area contributed by atoms with E-state index in [1.165, 1.54) is 13.2 Å². The van der Waals surface area contributed by atoms with E-state index in [1.54, 1.807) is 30.3 Å². The zero-order valence-corrected chi connectivity index (χ0v) is 12.7. The number of methoxy groups -OCH3 is 1. The molecule has 0 aromatic heterocycles. The zero-order chi connectivity index (χ0) is 15.6. The molecule has 0 heterocycles. The summed E-state index contributed by atoms with van der Waals surface area (Å²) in [4.78, 5) is 0.00524. The molecule has 112 valence electrons. The van der Waals surface area contributed by atoms with E-state index < -0.39 is 10.1 Å². The van der Waals surface area contributed by atoms with Crippen molar-refractivity contribution in [2.24, 2.45) is 0 Å². The molecule has 0 amide bonds. The van der Waals surface area contributed by atoms with Crippen LogP contribution in [0.3, 0.4) is 0 Å². The standard InChI is InChI=1S/C17H14O4S/c1-20-16-8-4-5-9-17(16)22(18,19)21-15-11-10-13-6-2-3-7-14(13)12-15/h2-12H,1H3. The molecule has 0 aliphatic carbocycles. The van der Waals surface area contributed by atoms with Crippen LogP contribution in [0.4, 0.5) is 0 Å². The quantitative estimate of drug-likeness (QED) is 0.690. The van der Waals surface area contributed by atoms with Gasteiger partial charge in [0.05, 0.1) is 7.11 Å². The Labute approximate surface area is 129 Å². The summed E-state index contributed by atoms with van der Waals surface area (Å²) >= 11 is 0. The molecule has 3 aromatic carbocycles. The fourth-order valence-electron chi connectivity index (χ4n) is 2.22. The SMILES string of the molecule is COc1ccccc1S(=O)(=O)Oc1ccc2ccccc2c1. The zero-order valence-electron chi connectivity index (χ0n) is 11.9. The van der Waals surface area contributed by atoms with Gasteiger partial charge in [-0.1, -0.05) is 42.5 Å². The van der Waals surface area contributed by atoms with Crippen molar-refractivity contribution in [1.82, 2.24) is 0 Å². The number of benzene rings is 3. The van der Waals surface area contributed by atoms with Crippen LogP contribution in [0, 0.1) is 0 Å². The smallest absolute Gasteiger partial charge is 0.342 e. The summed E-state index contributed by atoms with van der Waals surface area (Å²) < 4.78 is 35.1. The third-order valence-electron chi connectivity index (χ3n) is 3.27. The number of ether oxygens (including phenoxy) is 1. The third-order valence-corrected chi connectivity index (χ3v) is 4.55. The van der Waals surface area contributed by atoms with Gasteiger partial charge in [-0.25, -0.2) is 0 Å². The summed E-state index contributed by atoms with van der Waals surface area (Å²) in [5.41, 5.74) is 0. The van der Waals surface area contributed by atoms with E-state index in [0.29, 0.717) is 0 Å². The second kappa shape index (κ2) is 5.69. The van der Waals surface area contributed by atoms with Gasteiger partial charge in [0, 0.05) is 0 Å². The summed E-state index contributed by atoms with van der Waals surface area (Å²) in [6.07, 6.45) is 0. The molecule has 0 unspecified atom stereocenters. The Hall–Kier alpha value is -2.53. The van der Waals surface area contributed by atoms with Crippen LogP contribution in [-0.4, -0.2) is 15.5 Å². The third kappa shape index (κ3) is 2.76. The predicted octanol–water partition coefficient (Wildman–Crippen LogP) is 3.62. The number of para-hydroxylation sites is 1. The van der Waals surface area contributed by atoms with Gasteiger partial charge in [-0.15, -0.1) is 0 Å². The normalized spacial score (nSPS) is 11.3. The van der Waals surface area contributed by atoms with E-state index in [2.05, 4.69) is 0 Å². The van der Waals surface area contributed by atoms with Crippen molar-refractivity contribution in [3.05, 3.63) is 66.7 Å². The maximum Gasteiger partial charge on any atom is 0.342 e. The monoisotopic (exact) mass is 314 g/mol. The average molecular weight is 314 g/mol. The first-order chi connectivity index (χ1) is 10.6. The summed E-state index contributed by atoms with van der Waals surface area (Å²) in [5, 5.41) is 1.93. The van der Waals surface area contributed by atoms with Crippen molar-refractivity contribution in [2.75, 3.05) is 7.11 Å². The average Bonchev–Trinajstić information content (AvgIpc) is 2.54. The molecule has 22 heavy (non-hydrogen) atoms. The van der Waals surface area contributed by atoms with Gasteiger partial charge >= 0.3 is 10.1 Å². The second-order valence-electron chi connectivity index (χ2n) is 4.70. The molecule has 5 heteroatoms. The summed E-state index contributed by atoms with van der Waals surface area (Å²) in [6.45, 7) is 0. The predicted molar refractivity (Wildman–Crippen MR) is 84.8 cm³/mol. The minimum Gasteiger partial charge on any atom is -0.495 e. The fourth-order valence-corrected chi connectivity index (χ4v) is 3.31. The number of hydrogen-bond donors (Lipinski definition) is 0. The highest BCUT2D eigenvalue weighted by Gasteiger charge is 2.21. The van der Waals surface area contributed by atoms with Crippen LogP contribution in [0.2, 0.25) is 0 Å². The Morgan fingerprint density at radius 2 is 1.50 bits per heavy atom. The van der Waals surface area contributed by atoms with E-state index in [1.807, 2.05) is 30.3 Å². The maximum absolute atomic E-state index is 12.4. The second-order valence-corrected chi connectivity index (χ2v) is 6.21. The molecule has 0 bridgehead atoms. The molecule has 4 nitrogen and oxygen atoms in total. The van der Waals surface area contributed by atoms with Gasteiger partial charge in [-0.05, 0) is 35.0 Å². The van der Waals surface area contributed by atoms with Gasteiger partial charge in [0.15, 0.2) is 0 Å². The molecular formula is C17H14O4S. The number of rotatable bonds is 4. The Bertz CT molecular complexity index is 917. The van der Waals surface area contributed by atoms with Crippen molar-refractivity contribution >= 4 is 20.9 Å². The Kier molecular flexibility index (Phi) is 3.73. The van der Waals surface area contributed by atoms with Gasteiger partial charge in [0.25, 0.3) is 0 Å². The van der Waals surface area contributed by atoms with Crippen LogP contribution in [0.25, 0.3) is 10.8 Å². The van der Waals surface area contributed by atoms with Crippen molar-refractivity contribution in [3.63, 3.8) is 0 Å². The molecule has 0 spiro atoms. The van der Waals surface area contributed by atoms with E-state index in [4.69, 9.17) is 8.92 Å². The molecular weight excluding hydrogens is 300 g/mol. The van der Waals surface area contributed by atoms with Crippen LogP contribution in [0.1, 0.15) is 0 Å². The molecule has 0 radical (unpaired) electrons. The fraction of sp³-hybridized carbons (Fsp3) is 0.0588. The van der Waals surface area contributed by atoms with Crippen LogP contribution >= 0.6 is 0 Å². The van der Waals surface area contributed by atoms with Crippen LogP contribution in [0.15, 0.2) is 71.6 Å². The van der Waals surface area contributed by atoms with Crippen molar-refractivity contribution in [2.45, 2.75) is 4.90 Å². The van der Waals surface area contributed by atoms with Crippen molar-refractivity contribution < 1.29 is 17.3 Å². The van der Waals surface area contributed by atoms with E-state index >= 15 is 0 Å². The molecule has 0 atom stereocenters. The lowest BCUT2D eigenvalue weighted by Gasteiger charge is -2.10. The Balaban J connectivity index is 1.99. The lowest BCUT2D eigenvalue weighted by molar-refractivity contribution is 0.398. The molecule has 3 aromatic rings. The molecule has 0 saturated carbocycles. The van der Waals surface area contributed by atoms with Crippen molar-refractivity contribution in [1.29, 1.82) is 0 Å². The van der Waals surface area contributed by atoms with E-state index in [0.717, 1.165) is 10.8 Å². The topological polar surface area (TPSA) is 52.6 Å². The number of fused-ring (bicyclic) bond motifs is 1. The highest BCUT2D eigenvalue weighted by molar-refractivity contribution is 7.87. The van der Waals surface area contributed by atoms with E-state index in [-0.39, 0.29) is 16.4 Å². The number of hydrogen-bond acceptors (Lipinski definition) is 4. The molecule has 0 aliphatic rings. The highest BCUT2D eigenvalue weighted by atomic mass is 32.2. The van der Waals surface area contributed by atoms with Gasteiger partial charge in [-0.2, -0.15) is 8.42 Å². The molecule has 0 saturated heterocycles.